The second kappa shape index (κ2) is 5.05. The van der Waals surface area contributed by atoms with Crippen molar-refractivity contribution in [1.82, 2.24) is 19.7 Å². The first-order valence-electron chi connectivity index (χ1n) is 6.17. The summed E-state index contributed by atoms with van der Waals surface area (Å²) in [6, 6.07) is 11.5. The average Bonchev–Trinajstić information content (AvgIpc) is 2.92. The van der Waals surface area contributed by atoms with Crippen LogP contribution in [0.5, 0.6) is 0 Å². The molecule has 0 unspecified atom stereocenters. The summed E-state index contributed by atoms with van der Waals surface area (Å²) in [5.41, 5.74) is 3.03. The van der Waals surface area contributed by atoms with Crippen LogP contribution in [0, 0.1) is 6.92 Å². The highest BCUT2D eigenvalue weighted by Gasteiger charge is 2.14. The summed E-state index contributed by atoms with van der Waals surface area (Å²) in [5.74, 6) is 0.643. The van der Waals surface area contributed by atoms with E-state index >= 15 is 0 Å². The van der Waals surface area contributed by atoms with Gasteiger partial charge in [-0.15, -0.1) is 0 Å². The quantitative estimate of drug-likeness (QED) is 0.682. The lowest BCUT2D eigenvalue weighted by atomic mass is 10.1. The summed E-state index contributed by atoms with van der Waals surface area (Å²) in [4.78, 5) is 19.5. The van der Waals surface area contributed by atoms with E-state index < -0.39 is 0 Å². The number of aryl methyl sites for hydroxylation is 1. The molecule has 5 nitrogen and oxygen atoms in total. The molecule has 0 amide bonds. The number of aromatic nitrogens is 4. The Labute approximate surface area is 115 Å². The van der Waals surface area contributed by atoms with Crippen molar-refractivity contribution in [3.8, 4) is 17.1 Å². The van der Waals surface area contributed by atoms with Gasteiger partial charge >= 0.3 is 0 Å². The topological polar surface area (TPSA) is 60.7 Å². The number of nitrogens with zero attached hydrogens (tertiary/aromatic N) is 4. The molecule has 3 aromatic rings. The first-order valence-corrected chi connectivity index (χ1v) is 6.17. The van der Waals surface area contributed by atoms with Gasteiger partial charge in [0.2, 0.25) is 0 Å². The molecule has 20 heavy (non-hydrogen) atoms. The van der Waals surface area contributed by atoms with Crippen LogP contribution in [0.2, 0.25) is 0 Å². The maximum absolute atomic E-state index is 11.2. The van der Waals surface area contributed by atoms with Crippen LogP contribution in [0.25, 0.3) is 17.1 Å². The molecule has 0 bridgehead atoms. The normalized spacial score (nSPS) is 10.4. The second-order valence-electron chi connectivity index (χ2n) is 4.36. The Hall–Kier alpha value is -2.82. The number of benzene rings is 1. The minimum atomic E-state index is 0.535. The predicted octanol–water partition coefficient (Wildman–Crippen LogP) is 2.45. The van der Waals surface area contributed by atoms with E-state index in [0.29, 0.717) is 11.4 Å². The van der Waals surface area contributed by atoms with Gasteiger partial charge in [0.05, 0.1) is 17.5 Å². The third-order valence-electron chi connectivity index (χ3n) is 2.98. The zero-order chi connectivity index (χ0) is 13.9. The van der Waals surface area contributed by atoms with E-state index in [9.17, 15) is 4.79 Å². The minimum absolute atomic E-state index is 0.535. The zero-order valence-electron chi connectivity index (χ0n) is 10.9. The number of carbonyl (C=O) groups excluding carboxylic acids is 1. The zero-order valence-corrected chi connectivity index (χ0v) is 10.9. The fourth-order valence-corrected chi connectivity index (χ4v) is 2.06. The molecule has 0 saturated heterocycles. The van der Waals surface area contributed by atoms with E-state index in [4.69, 9.17) is 0 Å². The number of aldehydes is 1. The van der Waals surface area contributed by atoms with E-state index in [1.54, 1.807) is 10.9 Å². The molecule has 0 radical (unpaired) electrons. The lowest BCUT2D eigenvalue weighted by Crippen LogP contribution is -2.03. The summed E-state index contributed by atoms with van der Waals surface area (Å²) < 4.78 is 1.66. The number of rotatable bonds is 3. The van der Waals surface area contributed by atoms with Crippen molar-refractivity contribution < 1.29 is 4.79 Å². The van der Waals surface area contributed by atoms with Crippen LogP contribution >= 0.6 is 0 Å². The fraction of sp³-hybridized carbons (Fsp3) is 0.0667. The highest BCUT2D eigenvalue weighted by atomic mass is 16.1. The molecule has 1 aromatic carbocycles. The van der Waals surface area contributed by atoms with Crippen LogP contribution in [-0.2, 0) is 0 Å². The SMILES string of the molecule is Cc1cc(-n2ncc(C=O)c2-c2ccccc2)ncn1. The lowest BCUT2D eigenvalue weighted by Gasteiger charge is -2.07. The molecule has 0 saturated carbocycles. The van der Waals surface area contributed by atoms with Gasteiger partial charge in [-0.2, -0.15) is 5.10 Å². The van der Waals surface area contributed by atoms with E-state index in [2.05, 4.69) is 15.1 Å². The highest BCUT2D eigenvalue weighted by Crippen LogP contribution is 2.24. The molecule has 5 heteroatoms. The molecule has 2 heterocycles. The molecule has 2 aromatic heterocycles. The average molecular weight is 264 g/mol. The standard InChI is InChI=1S/C15H12N4O/c1-11-7-14(17-10-16-11)19-15(13(9-20)8-18-19)12-5-3-2-4-6-12/h2-10H,1H3. The first-order chi connectivity index (χ1) is 9.79. The molecule has 0 N–H and O–H groups in total. The van der Waals surface area contributed by atoms with Crippen LogP contribution in [-0.4, -0.2) is 26.0 Å². The molecule has 0 aliphatic heterocycles. The van der Waals surface area contributed by atoms with Gasteiger partial charge in [-0.3, -0.25) is 4.79 Å². The van der Waals surface area contributed by atoms with E-state index in [1.165, 1.54) is 6.33 Å². The van der Waals surface area contributed by atoms with Gasteiger partial charge in [-0.25, -0.2) is 14.6 Å². The van der Waals surface area contributed by atoms with E-state index in [0.717, 1.165) is 23.2 Å². The Kier molecular flexibility index (Phi) is 3.09. The van der Waals surface area contributed by atoms with Crippen molar-refractivity contribution in [3.63, 3.8) is 0 Å². The number of hydrogen-bond donors (Lipinski definition) is 0. The summed E-state index contributed by atoms with van der Waals surface area (Å²) >= 11 is 0. The Morgan fingerprint density at radius 2 is 1.95 bits per heavy atom. The van der Waals surface area contributed by atoms with Gasteiger partial charge in [0.15, 0.2) is 12.1 Å². The van der Waals surface area contributed by atoms with E-state index in [1.807, 2.05) is 43.3 Å². The van der Waals surface area contributed by atoms with Gasteiger partial charge in [-0.05, 0) is 6.92 Å². The third-order valence-corrected chi connectivity index (χ3v) is 2.98. The molecule has 0 spiro atoms. The Balaban J connectivity index is 2.23. The van der Waals surface area contributed by atoms with Crippen molar-refractivity contribution >= 4 is 6.29 Å². The maximum atomic E-state index is 11.2. The van der Waals surface area contributed by atoms with Gasteiger partial charge in [0, 0.05) is 17.3 Å². The summed E-state index contributed by atoms with van der Waals surface area (Å²) in [6.45, 7) is 1.89. The summed E-state index contributed by atoms with van der Waals surface area (Å²) in [7, 11) is 0. The van der Waals surface area contributed by atoms with Crippen molar-refractivity contribution in [2.75, 3.05) is 0 Å². The fourth-order valence-electron chi connectivity index (χ4n) is 2.06. The molecule has 3 rings (SSSR count). The monoisotopic (exact) mass is 264 g/mol. The third kappa shape index (κ3) is 2.09. The summed E-state index contributed by atoms with van der Waals surface area (Å²) in [6.07, 6.45) is 3.84. The molecule has 0 atom stereocenters. The van der Waals surface area contributed by atoms with Crippen LogP contribution in [0.15, 0.2) is 48.9 Å². The predicted molar refractivity (Wildman–Crippen MR) is 74.7 cm³/mol. The largest absolute Gasteiger partial charge is 0.298 e. The molecular weight excluding hydrogens is 252 g/mol. The Bertz CT molecular complexity index is 750. The molecule has 0 fully saturated rings. The lowest BCUT2D eigenvalue weighted by molar-refractivity contribution is 0.112. The van der Waals surface area contributed by atoms with Crippen molar-refractivity contribution in [2.45, 2.75) is 6.92 Å². The molecule has 0 aliphatic carbocycles. The highest BCUT2D eigenvalue weighted by molar-refractivity contribution is 5.86. The summed E-state index contributed by atoms with van der Waals surface area (Å²) in [5, 5.41) is 4.27. The smallest absolute Gasteiger partial charge is 0.157 e. The number of carbonyl (C=O) groups is 1. The van der Waals surface area contributed by atoms with Crippen LogP contribution < -0.4 is 0 Å². The Morgan fingerprint density at radius 3 is 2.65 bits per heavy atom. The van der Waals surface area contributed by atoms with Crippen LogP contribution in [0.1, 0.15) is 16.1 Å². The van der Waals surface area contributed by atoms with Gasteiger partial charge in [0.25, 0.3) is 0 Å². The minimum Gasteiger partial charge on any atom is -0.298 e. The van der Waals surface area contributed by atoms with Crippen LogP contribution in [0.3, 0.4) is 0 Å². The van der Waals surface area contributed by atoms with Gasteiger partial charge < -0.3 is 0 Å². The first kappa shape index (κ1) is 12.2. The van der Waals surface area contributed by atoms with Crippen molar-refractivity contribution in [1.29, 1.82) is 0 Å². The number of hydrogen-bond acceptors (Lipinski definition) is 4. The molecular formula is C15H12N4O. The second-order valence-corrected chi connectivity index (χ2v) is 4.36. The Morgan fingerprint density at radius 1 is 1.15 bits per heavy atom. The van der Waals surface area contributed by atoms with Gasteiger partial charge in [-0.1, -0.05) is 30.3 Å². The van der Waals surface area contributed by atoms with Gasteiger partial charge in [0.1, 0.15) is 6.33 Å². The van der Waals surface area contributed by atoms with Crippen LogP contribution in [0.4, 0.5) is 0 Å². The van der Waals surface area contributed by atoms with Crippen molar-refractivity contribution in [3.05, 3.63) is 60.2 Å². The molecule has 98 valence electrons. The maximum Gasteiger partial charge on any atom is 0.157 e. The molecule has 0 aliphatic rings. The van der Waals surface area contributed by atoms with E-state index in [-0.39, 0.29) is 0 Å². The van der Waals surface area contributed by atoms with Crippen molar-refractivity contribution in [2.24, 2.45) is 0 Å².